The Hall–Kier alpha value is -1.73. The fourth-order valence-electron chi connectivity index (χ4n) is 3.28. The van der Waals surface area contributed by atoms with Gasteiger partial charge in [-0.25, -0.2) is 13.4 Å². The first-order chi connectivity index (χ1) is 12.2. The van der Waals surface area contributed by atoms with Crippen LogP contribution in [0.3, 0.4) is 0 Å². The van der Waals surface area contributed by atoms with E-state index >= 15 is 0 Å². The summed E-state index contributed by atoms with van der Waals surface area (Å²) in [5.74, 6) is -0.464. The molecule has 7 heteroatoms. The van der Waals surface area contributed by atoms with Crippen molar-refractivity contribution in [3.05, 3.63) is 41.4 Å². The smallest absolute Gasteiger partial charge is 0.248 e. The molecule has 2 aromatic rings. The Labute approximate surface area is 158 Å². The number of sulfone groups is 1. The number of hydrogen-bond donors (Lipinski definition) is 1. The largest absolute Gasteiger partial charge is 0.301 e. The number of rotatable bonds is 4. The van der Waals surface area contributed by atoms with Crippen LogP contribution < -0.4 is 5.32 Å². The van der Waals surface area contributed by atoms with Gasteiger partial charge in [-0.15, -0.1) is 11.3 Å². The maximum absolute atomic E-state index is 13.3. The SMILES string of the molecule is CC(C)(C)c1csc(NC(=O)C2(S(=O)(=O)c3ccccc3)CCCC2)n1. The highest BCUT2D eigenvalue weighted by Crippen LogP contribution is 2.41. The zero-order valence-corrected chi connectivity index (χ0v) is 16.9. The second-order valence-corrected chi connectivity index (χ2v) is 10.9. The van der Waals surface area contributed by atoms with Gasteiger partial charge in [0.1, 0.15) is 0 Å². The van der Waals surface area contributed by atoms with Gasteiger partial charge in [-0.1, -0.05) is 51.8 Å². The third-order valence-corrected chi connectivity index (χ3v) is 8.16. The molecule has 1 saturated carbocycles. The highest BCUT2D eigenvalue weighted by Gasteiger charge is 2.53. The van der Waals surface area contributed by atoms with Crippen LogP contribution in [-0.4, -0.2) is 24.1 Å². The van der Waals surface area contributed by atoms with Gasteiger partial charge in [0.25, 0.3) is 0 Å². The average Bonchev–Trinajstić information content (AvgIpc) is 3.25. The molecule has 1 aromatic heterocycles. The lowest BCUT2D eigenvalue weighted by atomic mass is 9.93. The number of hydrogen-bond acceptors (Lipinski definition) is 5. The summed E-state index contributed by atoms with van der Waals surface area (Å²) in [6.45, 7) is 6.14. The molecule has 0 bridgehead atoms. The Balaban J connectivity index is 1.93. The van der Waals surface area contributed by atoms with E-state index in [4.69, 9.17) is 0 Å². The number of aromatic nitrogens is 1. The molecular formula is C19H24N2O3S2. The standard InChI is InChI=1S/C19H24N2O3S2/c1-18(2,3)15-13-25-17(20-15)21-16(22)19(11-7-8-12-19)26(23,24)14-9-5-4-6-10-14/h4-6,9-10,13H,7-8,11-12H2,1-3H3,(H,20,21,22). The lowest BCUT2D eigenvalue weighted by Crippen LogP contribution is -2.47. The zero-order valence-electron chi connectivity index (χ0n) is 15.3. The van der Waals surface area contributed by atoms with Crippen LogP contribution in [0.4, 0.5) is 5.13 Å². The molecule has 1 aromatic carbocycles. The molecule has 1 heterocycles. The number of carbonyl (C=O) groups is 1. The van der Waals surface area contributed by atoms with Crippen LogP contribution in [0, 0.1) is 0 Å². The van der Waals surface area contributed by atoms with Crippen molar-refractivity contribution in [2.24, 2.45) is 0 Å². The summed E-state index contributed by atoms with van der Waals surface area (Å²) in [6.07, 6.45) is 2.14. The van der Waals surface area contributed by atoms with Crippen molar-refractivity contribution in [1.82, 2.24) is 4.98 Å². The summed E-state index contributed by atoms with van der Waals surface area (Å²) in [4.78, 5) is 17.8. The van der Waals surface area contributed by atoms with Gasteiger partial charge in [-0.05, 0) is 25.0 Å². The van der Waals surface area contributed by atoms with Gasteiger partial charge in [0, 0.05) is 10.8 Å². The van der Waals surface area contributed by atoms with Crippen molar-refractivity contribution in [2.45, 2.75) is 61.5 Å². The summed E-state index contributed by atoms with van der Waals surface area (Å²) in [5.41, 5.74) is 0.755. The molecule has 1 amide bonds. The van der Waals surface area contributed by atoms with Crippen LogP contribution >= 0.6 is 11.3 Å². The predicted octanol–water partition coefficient (Wildman–Crippen LogP) is 4.17. The van der Waals surface area contributed by atoms with Crippen molar-refractivity contribution in [1.29, 1.82) is 0 Å². The lowest BCUT2D eigenvalue weighted by Gasteiger charge is -2.27. The van der Waals surface area contributed by atoms with Crippen molar-refractivity contribution in [2.75, 3.05) is 5.32 Å². The second kappa shape index (κ2) is 6.78. The number of benzene rings is 1. The zero-order chi connectivity index (χ0) is 19.0. The van der Waals surface area contributed by atoms with E-state index in [-0.39, 0.29) is 10.3 Å². The monoisotopic (exact) mass is 392 g/mol. The Morgan fingerprint density at radius 3 is 2.31 bits per heavy atom. The van der Waals surface area contributed by atoms with Crippen molar-refractivity contribution < 1.29 is 13.2 Å². The van der Waals surface area contributed by atoms with Crippen LogP contribution in [0.25, 0.3) is 0 Å². The van der Waals surface area contributed by atoms with Crippen molar-refractivity contribution >= 4 is 32.2 Å². The Bertz CT molecular complexity index is 890. The molecule has 1 fully saturated rings. The lowest BCUT2D eigenvalue weighted by molar-refractivity contribution is -0.118. The minimum atomic E-state index is -3.78. The molecule has 0 saturated heterocycles. The Morgan fingerprint density at radius 2 is 1.77 bits per heavy atom. The molecule has 140 valence electrons. The first-order valence-corrected chi connectivity index (χ1v) is 11.1. The van der Waals surface area contributed by atoms with Crippen molar-refractivity contribution in [3.63, 3.8) is 0 Å². The summed E-state index contributed by atoms with van der Waals surface area (Å²) >= 11 is 1.33. The first-order valence-electron chi connectivity index (χ1n) is 8.74. The predicted molar refractivity (Wildman–Crippen MR) is 104 cm³/mol. The van der Waals surface area contributed by atoms with Gasteiger partial charge in [0.05, 0.1) is 10.6 Å². The fourth-order valence-corrected chi connectivity index (χ4v) is 6.30. The minimum absolute atomic E-state index is 0.124. The summed E-state index contributed by atoms with van der Waals surface area (Å²) in [7, 11) is -3.78. The topological polar surface area (TPSA) is 76.1 Å². The molecule has 26 heavy (non-hydrogen) atoms. The molecule has 0 atom stereocenters. The highest BCUT2D eigenvalue weighted by molar-refractivity contribution is 7.93. The number of nitrogens with one attached hydrogen (secondary N) is 1. The molecule has 1 N–H and O–H groups in total. The van der Waals surface area contributed by atoms with Crippen LogP contribution in [0.15, 0.2) is 40.6 Å². The van der Waals surface area contributed by atoms with Gasteiger partial charge in [0.2, 0.25) is 5.91 Å². The third-order valence-electron chi connectivity index (χ3n) is 4.89. The van der Waals surface area contributed by atoms with E-state index in [1.54, 1.807) is 30.3 Å². The molecule has 0 aliphatic heterocycles. The number of carbonyl (C=O) groups excluding carboxylic acids is 1. The minimum Gasteiger partial charge on any atom is -0.301 e. The van der Waals surface area contributed by atoms with E-state index in [2.05, 4.69) is 10.3 Å². The number of amides is 1. The van der Waals surface area contributed by atoms with Crippen LogP contribution in [-0.2, 0) is 20.0 Å². The second-order valence-electron chi connectivity index (χ2n) is 7.76. The molecule has 1 aliphatic carbocycles. The normalized spacial score (nSPS) is 17.2. The van der Waals surface area contributed by atoms with E-state index in [0.29, 0.717) is 18.0 Å². The van der Waals surface area contributed by atoms with Gasteiger partial charge in [-0.2, -0.15) is 0 Å². The summed E-state index contributed by atoms with van der Waals surface area (Å²) < 4.78 is 25.1. The quantitative estimate of drug-likeness (QED) is 0.847. The maximum Gasteiger partial charge on any atom is 0.248 e. The first kappa shape index (κ1) is 19.0. The maximum atomic E-state index is 13.3. The van der Waals surface area contributed by atoms with E-state index in [0.717, 1.165) is 18.5 Å². The molecule has 0 spiro atoms. The molecule has 0 radical (unpaired) electrons. The average molecular weight is 393 g/mol. The van der Waals surface area contributed by atoms with Gasteiger partial charge < -0.3 is 5.32 Å². The van der Waals surface area contributed by atoms with E-state index < -0.39 is 20.5 Å². The summed E-state index contributed by atoms with van der Waals surface area (Å²) in [6, 6.07) is 8.26. The fraction of sp³-hybridized carbons (Fsp3) is 0.474. The Morgan fingerprint density at radius 1 is 1.15 bits per heavy atom. The van der Waals surface area contributed by atoms with Crippen molar-refractivity contribution in [3.8, 4) is 0 Å². The molecular weight excluding hydrogens is 368 g/mol. The number of nitrogens with zero attached hydrogens (tertiary/aromatic N) is 1. The van der Waals surface area contributed by atoms with Crippen LogP contribution in [0.1, 0.15) is 52.1 Å². The van der Waals surface area contributed by atoms with Gasteiger partial charge in [-0.3, -0.25) is 4.79 Å². The third kappa shape index (κ3) is 3.30. The van der Waals surface area contributed by atoms with Gasteiger partial charge >= 0.3 is 0 Å². The molecule has 3 rings (SSSR count). The highest BCUT2D eigenvalue weighted by atomic mass is 32.2. The number of anilines is 1. The van der Waals surface area contributed by atoms with Crippen LogP contribution in [0.2, 0.25) is 0 Å². The molecule has 1 aliphatic rings. The molecule has 5 nitrogen and oxygen atoms in total. The van der Waals surface area contributed by atoms with E-state index in [1.165, 1.54) is 11.3 Å². The summed E-state index contributed by atoms with van der Waals surface area (Å²) in [5, 5.41) is 5.14. The van der Waals surface area contributed by atoms with Gasteiger partial charge in [0.15, 0.2) is 19.7 Å². The molecule has 0 unspecified atom stereocenters. The van der Waals surface area contributed by atoms with E-state index in [1.807, 2.05) is 26.2 Å². The van der Waals surface area contributed by atoms with Crippen LogP contribution in [0.5, 0.6) is 0 Å². The Kier molecular flexibility index (Phi) is 4.96. The number of thiazole rings is 1. The van der Waals surface area contributed by atoms with E-state index in [9.17, 15) is 13.2 Å².